The Hall–Kier alpha value is -3.07. The fraction of sp³-hybridized carbons (Fsp3) is 0.450. The van der Waals surface area contributed by atoms with Crippen molar-refractivity contribution in [2.45, 2.75) is 43.6 Å². The predicted octanol–water partition coefficient (Wildman–Crippen LogP) is 2.17. The third-order valence-corrected chi connectivity index (χ3v) is 6.28. The third kappa shape index (κ3) is 2.68. The number of rotatable bonds is 3. The first-order valence-corrected chi connectivity index (χ1v) is 10.1. The van der Waals surface area contributed by atoms with E-state index in [0.29, 0.717) is 24.2 Å². The Morgan fingerprint density at radius 3 is 2.72 bits per heavy atom. The van der Waals surface area contributed by atoms with E-state index in [0.717, 1.165) is 42.8 Å². The molecule has 1 saturated carbocycles. The molecule has 29 heavy (non-hydrogen) atoms. The number of hydrogen-bond donors (Lipinski definition) is 1. The minimum absolute atomic E-state index is 0.120. The summed E-state index contributed by atoms with van der Waals surface area (Å²) in [5, 5.41) is 9.34. The molecule has 5 heterocycles. The molecular formula is C20H21N7O2. The van der Waals surface area contributed by atoms with E-state index in [4.69, 9.17) is 14.7 Å². The van der Waals surface area contributed by atoms with E-state index < -0.39 is 0 Å². The fourth-order valence-corrected chi connectivity index (χ4v) is 4.53. The minimum atomic E-state index is -0.120. The van der Waals surface area contributed by atoms with E-state index in [1.165, 1.54) is 0 Å². The molecule has 0 unspecified atom stereocenters. The van der Waals surface area contributed by atoms with Gasteiger partial charge in [-0.25, -0.2) is 19.2 Å². The van der Waals surface area contributed by atoms with Gasteiger partial charge in [-0.2, -0.15) is 10.2 Å². The average molecular weight is 391 g/mol. The number of nitrogens with one attached hydrogen (secondary N) is 1. The van der Waals surface area contributed by atoms with E-state index >= 15 is 0 Å². The number of fused-ring (bicyclic) bond motifs is 2. The molecule has 4 aromatic heterocycles. The maximum absolute atomic E-state index is 12.7. The molecule has 2 aliphatic rings. The van der Waals surface area contributed by atoms with Crippen molar-refractivity contribution in [3.8, 4) is 0 Å². The molecule has 0 spiro atoms. The number of aromatic nitrogens is 7. The first-order valence-electron chi connectivity index (χ1n) is 10.1. The van der Waals surface area contributed by atoms with Crippen LogP contribution < -0.4 is 5.56 Å². The molecule has 148 valence electrons. The molecule has 4 aromatic rings. The Labute approximate surface area is 165 Å². The Balaban J connectivity index is 1.38. The summed E-state index contributed by atoms with van der Waals surface area (Å²) in [5.74, 6) is 1.12. The van der Waals surface area contributed by atoms with Crippen LogP contribution in [0.2, 0.25) is 0 Å². The Morgan fingerprint density at radius 1 is 1.07 bits per heavy atom. The van der Waals surface area contributed by atoms with Crippen LogP contribution in [0.25, 0.3) is 16.7 Å². The van der Waals surface area contributed by atoms with Gasteiger partial charge in [0, 0.05) is 31.2 Å². The maximum atomic E-state index is 12.7. The summed E-state index contributed by atoms with van der Waals surface area (Å²) in [7, 11) is 0. The SMILES string of the molecule is O=c1[nH]c([C@@H]2CC[C@@H]2c2cn3ncccc3n2)nc2c1cnn2C1CCOCC1. The van der Waals surface area contributed by atoms with E-state index in [1.807, 2.05) is 23.0 Å². The number of hydrogen-bond acceptors (Lipinski definition) is 6. The van der Waals surface area contributed by atoms with Gasteiger partial charge in [-0.1, -0.05) is 0 Å². The molecule has 1 aliphatic carbocycles. The highest BCUT2D eigenvalue weighted by molar-refractivity contribution is 5.73. The summed E-state index contributed by atoms with van der Waals surface area (Å²) in [6.45, 7) is 1.43. The van der Waals surface area contributed by atoms with E-state index in [2.05, 4.69) is 15.2 Å². The van der Waals surface area contributed by atoms with Crippen LogP contribution in [-0.2, 0) is 4.74 Å². The summed E-state index contributed by atoms with van der Waals surface area (Å²) in [4.78, 5) is 25.3. The number of imidazole rings is 1. The lowest BCUT2D eigenvalue weighted by Crippen LogP contribution is -2.27. The molecule has 0 aromatic carbocycles. The van der Waals surface area contributed by atoms with Crippen molar-refractivity contribution in [1.82, 2.24) is 34.3 Å². The van der Waals surface area contributed by atoms with Crippen LogP contribution in [0.3, 0.4) is 0 Å². The van der Waals surface area contributed by atoms with Crippen LogP contribution in [0.4, 0.5) is 0 Å². The molecule has 1 N–H and O–H groups in total. The maximum Gasteiger partial charge on any atom is 0.262 e. The van der Waals surface area contributed by atoms with Crippen LogP contribution in [0.1, 0.15) is 55.1 Å². The molecule has 2 atom stereocenters. The molecule has 0 amide bonds. The van der Waals surface area contributed by atoms with E-state index in [-0.39, 0.29) is 23.4 Å². The zero-order valence-electron chi connectivity index (χ0n) is 15.9. The molecule has 1 saturated heterocycles. The Bertz CT molecular complexity index is 1220. The molecule has 9 heteroatoms. The average Bonchev–Trinajstić information content (AvgIpc) is 3.32. The lowest BCUT2D eigenvalue weighted by atomic mass is 9.71. The van der Waals surface area contributed by atoms with E-state index in [9.17, 15) is 4.79 Å². The number of H-pyrrole nitrogens is 1. The lowest BCUT2D eigenvalue weighted by molar-refractivity contribution is 0.0673. The Kier molecular flexibility index (Phi) is 3.77. The third-order valence-electron chi connectivity index (χ3n) is 6.28. The zero-order valence-corrected chi connectivity index (χ0v) is 15.9. The highest BCUT2D eigenvalue weighted by Gasteiger charge is 2.37. The molecule has 9 nitrogen and oxygen atoms in total. The summed E-state index contributed by atoms with van der Waals surface area (Å²) in [6, 6.07) is 4.06. The predicted molar refractivity (Wildman–Crippen MR) is 105 cm³/mol. The highest BCUT2D eigenvalue weighted by atomic mass is 16.5. The van der Waals surface area contributed by atoms with Gasteiger partial charge >= 0.3 is 0 Å². The normalized spacial score (nSPS) is 22.9. The van der Waals surface area contributed by atoms with Crippen molar-refractivity contribution in [2.24, 2.45) is 0 Å². The van der Waals surface area contributed by atoms with Crippen LogP contribution >= 0.6 is 0 Å². The van der Waals surface area contributed by atoms with Gasteiger partial charge in [0.2, 0.25) is 0 Å². The quantitative estimate of drug-likeness (QED) is 0.574. The van der Waals surface area contributed by atoms with Gasteiger partial charge < -0.3 is 9.72 Å². The summed E-state index contributed by atoms with van der Waals surface area (Å²) < 4.78 is 9.18. The standard InChI is InChI=1S/C20H21N7O2/c28-20-15-10-22-27(12-5-8-29-9-6-12)19(15)24-18(25-20)14-4-3-13(14)16-11-26-17(23-16)2-1-7-21-26/h1-2,7,10-14H,3-6,8-9H2,(H,24,25,28)/t13-,14+/m0/s1. The number of nitrogens with zero attached hydrogens (tertiary/aromatic N) is 6. The molecule has 1 aliphatic heterocycles. The summed E-state index contributed by atoms with van der Waals surface area (Å²) >= 11 is 0. The molecular weight excluding hydrogens is 370 g/mol. The highest BCUT2D eigenvalue weighted by Crippen LogP contribution is 2.47. The first-order chi connectivity index (χ1) is 14.3. The van der Waals surface area contributed by atoms with E-state index in [1.54, 1.807) is 16.9 Å². The van der Waals surface area contributed by atoms with Crippen molar-refractivity contribution < 1.29 is 4.74 Å². The Morgan fingerprint density at radius 2 is 1.93 bits per heavy atom. The first kappa shape index (κ1) is 16.8. The van der Waals surface area contributed by atoms with Crippen LogP contribution in [0, 0.1) is 0 Å². The van der Waals surface area contributed by atoms with Gasteiger partial charge in [0.1, 0.15) is 11.2 Å². The van der Waals surface area contributed by atoms with Crippen molar-refractivity contribution in [3.63, 3.8) is 0 Å². The smallest absolute Gasteiger partial charge is 0.262 e. The molecule has 0 radical (unpaired) electrons. The van der Waals surface area contributed by atoms with Gasteiger partial charge in [-0.3, -0.25) is 4.79 Å². The van der Waals surface area contributed by atoms with Gasteiger partial charge in [0.15, 0.2) is 11.3 Å². The molecule has 0 bridgehead atoms. The summed E-state index contributed by atoms with van der Waals surface area (Å²) in [6.07, 6.45) is 9.14. The number of aromatic amines is 1. The second kappa shape index (κ2) is 6.48. The van der Waals surface area contributed by atoms with Crippen LogP contribution in [-0.4, -0.2) is 47.6 Å². The van der Waals surface area contributed by atoms with Gasteiger partial charge in [-0.15, -0.1) is 0 Å². The van der Waals surface area contributed by atoms with Gasteiger partial charge in [0.25, 0.3) is 5.56 Å². The number of ether oxygens (including phenoxy) is 1. The van der Waals surface area contributed by atoms with Crippen molar-refractivity contribution in [2.75, 3.05) is 13.2 Å². The van der Waals surface area contributed by atoms with Crippen LogP contribution in [0.15, 0.2) is 35.5 Å². The minimum Gasteiger partial charge on any atom is -0.381 e. The van der Waals surface area contributed by atoms with Crippen LogP contribution in [0.5, 0.6) is 0 Å². The largest absolute Gasteiger partial charge is 0.381 e. The lowest BCUT2D eigenvalue weighted by Gasteiger charge is -2.34. The summed E-state index contributed by atoms with van der Waals surface area (Å²) in [5.41, 5.74) is 2.40. The zero-order chi connectivity index (χ0) is 19.4. The van der Waals surface area contributed by atoms with Crippen molar-refractivity contribution in [1.29, 1.82) is 0 Å². The monoisotopic (exact) mass is 391 g/mol. The second-order valence-corrected chi connectivity index (χ2v) is 7.90. The molecule has 2 fully saturated rings. The topological polar surface area (TPSA) is 103 Å². The van der Waals surface area contributed by atoms with Crippen molar-refractivity contribution >= 4 is 16.7 Å². The molecule has 6 rings (SSSR count). The second-order valence-electron chi connectivity index (χ2n) is 7.90. The van der Waals surface area contributed by atoms with Gasteiger partial charge in [-0.05, 0) is 37.8 Å². The van der Waals surface area contributed by atoms with Gasteiger partial charge in [0.05, 0.1) is 24.1 Å². The van der Waals surface area contributed by atoms with Crippen molar-refractivity contribution in [3.05, 3.63) is 52.6 Å². The fourth-order valence-electron chi connectivity index (χ4n) is 4.53.